The maximum Gasteiger partial charge on any atom is 0.242 e. The lowest BCUT2D eigenvalue weighted by Crippen LogP contribution is -2.31. The molecule has 1 aliphatic heterocycles. The van der Waals surface area contributed by atoms with E-state index in [0.29, 0.717) is 12.2 Å². The number of imidazole rings is 1. The molecular weight excluding hydrogens is 240 g/mol. The van der Waals surface area contributed by atoms with E-state index in [1.807, 2.05) is 34.6 Å². The molecule has 2 N–H and O–H groups in total. The van der Waals surface area contributed by atoms with E-state index in [9.17, 15) is 4.79 Å². The van der Waals surface area contributed by atoms with Gasteiger partial charge in [0, 0.05) is 13.1 Å². The number of amides is 1. The fraction of sp³-hybridized carbons (Fsp3) is 0.429. The Balaban J connectivity index is 1.94. The number of anilines is 1. The standard InChI is InChI=1S/C14H18N4O/c1-10-16-14-11(15)5-4-6-12(14)18(10)9-13(19)17-7-2-3-8-17/h4-6H,2-3,7-9,15H2,1H3. The van der Waals surface area contributed by atoms with Gasteiger partial charge >= 0.3 is 0 Å². The van der Waals surface area contributed by atoms with Gasteiger partial charge in [0.2, 0.25) is 5.91 Å². The number of fused-ring (bicyclic) bond motifs is 1. The van der Waals surface area contributed by atoms with E-state index in [4.69, 9.17) is 5.73 Å². The van der Waals surface area contributed by atoms with E-state index in [1.54, 1.807) is 0 Å². The van der Waals surface area contributed by atoms with E-state index >= 15 is 0 Å². The Morgan fingerprint density at radius 2 is 2.11 bits per heavy atom. The van der Waals surface area contributed by atoms with Crippen molar-refractivity contribution in [3.8, 4) is 0 Å². The molecule has 1 amide bonds. The quantitative estimate of drug-likeness (QED) is 0.831. The van der Waals surface area contributed by atoms with Crippen LogP contribution in [0.25, 0.3) is 11.0 Å². The van der Waals surface area contributed by atoms with Crippen LogP contribution in [0.2, 0.25) is 0 Å². The van der Waals surface area contributed by atoms with E-state index in [-0.39, 0.29) is 5.91 Å². The average molecular weight is 258 g/mol. The summed E-state index contributed by atoms with van der Waals surface area (Å²) in [6.07, 6.45) is 2.23. The molecule has 3 rings (SSSR count). The largest absolute Gasteiger partial charge is 0.397 e. The number of hydrogen-bond donors (Lipinski definition) is 1. The Labute approximate surface area is 112 Å². The topological polar surface area (TPSA) is 64.1 Å². The number of likely N-dealkylation sites (tertiary alicyclic amines) is 1. The number of carbonyl (C=O) groups excluding carboxylic acids is 1. The van der Waals surface area contributed by atoms with Crippen molar-refractivity contribution in [2.75, 3.05) is 18.8 Å². The molecule has 0 aliphatic carbocycles. The van der Waals surface area contributed by atoms with Crippen LogP contribution in [0.1, 0.15) is 18.7 Å². The molecule has 2 heterocycles. The molecule has 1 saturated heterocycles. The third-order valence-electron chi connectivity index (χ3n) is 3.75. The lowest BCUT2D eigenvalue weighted by molar-refractivity contribution is -0.130. The second kappa shape index (κ2) is 4.57. The number of aryl methyl sites for hydroxylation is 1. The summed E-state index contributed by atoms with van der Waals surface area (Å²) in [6.45, 7) is 4.03. The maximum absolute atomic E-state index is 12.2. The highest BCUT2D eigenvalue weighted by atomic mass is 16.2. The zero-order valence-electron chi connectivity index (χ0n) is 11.1. The molecular formula is C14H18N4O. The van der Waals surface area contributed by atoms with Crippen LogP contribution in [0.4, 0.5) is 5.69 Å². The average Bonchev–Trinajstić information content (AvgIpc) is 3.00. The van der Waals surface area contributed by atoms with Gasteiger partial charge in [-0.25, -0.2) is 4.98 Å². The van der Waals surface area contributed by atoms with Gasteiger partial charge < -0.3 is 15.2 Å². The van der Waals surface area contributed by atoms with E-state index in [1.165, 1.54) is 0 Å². The van der Waals surface area contributed by atoms with Crippen molar-refractivity contribution in [1.29, 1.82) is 0 Å². The Morgan fingerprint density at radius 1 is 1.37 bits per heavy atom. The monoisotopic (exact) mass is 258 g/mol. The minimum atomic E-state index is 0.169. The minimum absolute atomic E-state index is 0.169. The molecule has 0 saturated carbocycles. The first-order valence-electron chi connectivity index (χ1n) is 6.66. The van der Waals surface area contributed by atoms with Crippen molar-refractivity contribution in [3.05, 3.63) is 24.0 Å². The second-order valence-electron chi connectivity index (χ2n) is 5.05. The van der Waals surface area contributed by atoms with Crippen molar-refractivity contribution in [2.24, 2.45) is 0 Å². The molecule has 2 aromatic rings. The summed E-state index contributed by atoms with van der Waals surface area (Å²) in [5, 5.41) is 0. The van der Waals surface area contributed by atoms with Crippen molar-refractivity contribution < 1.29 is 4.79 Å². The first-order valence-corrected chi connectivity index (χ1v) is 6.66. The van der Waals surface area contributed by atoms with Crippen LogP contribution < -0.4 is 5.73 Å². The van der Waals surface area contributed by atoms with Gasteiger partial charge in [0.05, 0.1) is 11.2 Å². The Hall–Kier alpha value is -2.04. The first-order chi connectivity index (χ1) is 9.16. The number of aromatic nitrogens is 2. The molecule has 0 bridgehead atoms. The van der Waals surface area contributed by atoms with Crippen LogP contribution in [0.5, 0.6) is 0 Å². The third-order valence-corrected chi connectivity index (χ3v) is 3.75. The second-order valence-corrected chi connectivity index (χ2v) is 5.05. The normalized spacial score (nSPS) is 15.3. The molecule has 1 aromatic heterocycles. The van der Waals surface area contributed by atoms with Gasteiger partial charge in [-0.05, 0) is 31.9 Å². The minimum Gasteiger partial charge on any atom is -0.397 e. The SMILES string of the molecule is Cc1nc2c(N)cccc2n1CC(=O)N1CCCC1. The molecule has 1 aromatic carbocycles. The number of carbonyl (C=O) groups is 1. The highest BCUT2D eigenvalue weighted by Gasteiger charge is 2.20. The van der Waals surface area contributed by atoms with Gasteiger partial charge in [0.1, 0.15) is 17.9 Å². The van der Waals surface area contributed by atoms with Gasteiger partial charge in [-0.15, -0.1) is 0 Å². The smallest absolute Gasteiger partial charge is 0.242 e. The van der Waals surface area contributed by atoms with Crippen LogP contribution in [0, 0.1) is 6.92 Å². The molecule has 1 fully saturated rings. The summed E-state index contributed by atoms with van der Waals surface area (Å²) < 4.78 is 1.95. The van der Waals surface area contributed by atoms with Crippen molar-refractivity contribution in [2.45, 2.75) is 26.3 Å². The van der Waals surface area contributed by atoms with Crippen LogP contribution in [-0.4, -0.2) is 33.4 Å². The lowest BCUT2D eigenvalue weighted by atomic mass is 10.2. The van der Waals surface area contributed by atoms with Gasteiger partial charge in [-0.3, -0.25) is 4.79 Å². The summed E-state index contributed by atoms with van der Waals surface area (Å²) >= 11 is 0. The number of hydrogen-bond acceptors (Lipinski definition) is 3. The van der Waals surface area contributed by atoms with Crippen molar-refractivity contribution in [3.63, 3.8) is 0 Å². The Bertz CT molecular complexity index is 626. The molecule has 0 unspecified atom stereocenters. The Kier molecular flexibility index (Phi) is 2.89. The van der Waals surface area contributed by atoms with E-state index in [2.05, 4.69) is 4.98 Å². The van der Waals surface area contributed by atoms with Gasteiger partial charge in [-0.2, -0.15) is 0 Å². The van der Waals surface area contributed by atoms with Crippen molar-refractivity contribution >= 4 is 22.6 Å². The van der Waals surface area contributed by atoms with Crippen LogP contribution in [0.3, 0.4) is 0 Å². The molecule has 0 radical (unpaired) electrons. The molecule has 0 atom stereocenters. The number of nitrogen functional groups attached to an aromatic ring is 1. The lowest BCUT2D eigenvalue weighted by Gasteiger charge is -2.16. The highest BCUT2D eigenvalue weighted by molar-refractivity contribution is 5.89. The fourth-order valence-corrected chi connectivity index (χ4v) is 2.69. The van der Waals surface area contributed by atoms with Gasteiger partial charge in [0.25, 0.3) is 0 Å². The number of nitrogens with zero attached hydrogens (tertiary/aromatic N) is 3. The van der Waals surface area contributed by atoms with E-state index in [0.717, 1.165) is 42.8 Å². The number of benzene rings is 1. The maximum atomic E-state index is 12.2. The van der Waals surface area contributed by atoms with Crippen LogP contribution in [-0.2, 0) is 11.3 Å². The molecule has 5 nitrogen and oxygen atoms in total. The van der Waals surface area contributed by atoms with Crippen LogP contribution >= 0.6 is 0 Å². The summed E-state index contributed by atoms with van der Waals surface area (Å²) in [7, 11) is 0. The predicted octanol–water partition coefficient (Wildman–Crippen LogP) is 1.55. The molecule has 0 spiro atoms. The third kappa shape index (κ3) is 2.05. The number of nitrogens with two attached hydrogens (primary N) is 1. The van der Waals surface area contributed by atoms with Crippen molar-refractivity contribution in [1.82, 2.24) is 14.5 Å². The number of para-hydroxylation sites is 1. The van der Waals surface area contributed by atoms with Gasteiger partial charge in [0.15, 0.2) is 0 Å². The Morgan fingerprint density at radius 3 is 2.84 bits per heavy atom. The summed E-state index contributed by atoms with van der Waals surface area (Å²) in [6, 6.07) is 5.69. The number of rotatable bonds is 2. The zero-order chi connectivity index (χ0) is 13.4. The highest BCUT2D eigenvalue weighted by Crippen LogP contribution is 2.22. The van der Waals surface area contributed by atoms with Crippen LogP contribution in [0.15, 0.2) is 18.2 Å². The molecule has 100 valence electrons. The molecule has 1 aliphatic rings. The summed E-state index contributed by atoms with van der Waals surface area (Å²) in [5.41, 5.74) is 8.30. The summed E-state index contributed by atoms with van der Waals surface area (Å²) in [4.78, 5) is 18.6. The van der Waals surface area contributed by atoms with Gasteiger partial charge in [-0.1, -0.05) is 6.07 Å². The van der Waals surface area contributed by atoms with E-state index < -0.39 is 0 Å². The summed E-state index contributed by atoms with van der Waals surface area (Å²) in [5.74, 6) is 1.00. The molecule has 5 heteroatoms. The zero-order valence-corrected chi connectivity index (χ0v) is 11.1. The predicted molar refractivity (Wildman–Crippen MR) is 74.7 cm³/mol. The first kappa shape index (κ1) is 12.0. The molecule has 19 heavy (non-hydrogen) atoms. The fourth-order valence-electron chi connectivity index (χ4n) is 2.69.